The van der Waals surface area contributed by atoms with Crippen molar-refractivity contribution < 1.29 is 9.90 Å². The number of hydrogen-bond donors (Lipinski definition) is 2. The number of nitrogens with zero attached hydrogens (tertiary/aromatic N) is 2. The Labute approximate surface area is 118 Å². The highest BCUT2D eigenvalue weighted by molar-refractivity contribution is 5.93. The molecule has 0 fully saturated rings. The highest BCUT2D eigenvalue weighted by atomic mass is 16.3. The Bertz CT molecular complexity index is 566. The molecule has 0 bridgehead atoms. The van der Waals surface area contributed by atoms with E-state index in [-0.39, 0.29) is 5.91 Å². The lowest BCUT2D eigenvalue weighted by atomic mass is 10.1. The maximum absolute atomic E-state index is 12.1. The number of aryl methyl sites for hydroxylation is 1. The highest BCUT2D eigenvalue weighted by Crippen LogP contribution is 2.16. The molecule has 2 N–H and O–H groups in total. The third-order valence-corrected chi connectivity index (χ3v) is 3.30. The molecule has 0 radical (unpaired) electrons. The first-order chi connectivity index (χ1) is 9.59. The number of carbonyl (C=O) groups is 1. The molecule has 20 heavy (non-hydrogen) atoms. The lowest BCUT2D eigenvalue weighted by Gasteiger charge is -2.19. The average molecular weight is 273 g/mol. The third-order valence-electron chi connectivity index (χ3n) is 3.30. The Morgan fingerprint density at radius 2 is 2.10 bits per heavy atom. The summed E-state index contributed by atoms with van der Waals surface area (Å²) in [6.07, 6.45) is 1.44. The zero-order valence-corrected chi connectivity index (χ0v) is 11.7. The maximum Gasteiger partial charge on any atom is 0.274 e. The van der Waals surface area contributed by atoms with Gasteiger partial charge in [0.25, 0.3) is 5.91 Å². The summed E-state index contributed by atoms with van der Waals surface area (Å²) in [6, 6.07) is 9.45. The molecule has 1 aromatic carbocycles. The first-order valence-corrected chi connectivity index (χ1v) is 6.58. The van der Waals surface area contributed by atoms with Gasteiger partial charge in [0.15, 0.2) is 0 Å². The van der Waals surface area contributed by atoms with Crippen molar-refractivity contribution in [3.05, 3.63) is 53.6 Å². The predicted molar refractivity (Wildman–Crippen MR) is 76.3 cm³/mol. The minimum absolute atomic E-state index is 0.135. The van der Waals surface area contributed by atoms with Crippen molar-refractivity contribution in [1.82, 2.24) is 14.9 Å². The lowest BCUT2D eigenvalue weighted by molar-refractivity contribution is 0.0755. The van der Waals surface area contributed by atoms with E-state index >= 15 is 0 Å². The summed E-state index contributed by atoms with van der Waals surface area (Å²) < 4.78 is 0. The molecule has 0 saturated heterocycles. The van der Waals surface area contributed by atoms with Gasteiger partial charge < -0.3 is 15.0 Å². The smallest absolute Gasteiger partial charge is 0.274 e. The summed E-state index contributed by atoms with van der Waals surface area (Å²) in [5.41, 5.74) is 2.05. The summed E-state index contributed by atoms with van der Waals surface area (Å²) >= 11 is 0. The number of aliphatic hydroxyl groups excluding tert-OH is 1. The molecule has 2 aromatic rings. The van der Waals surface area contributed by atoms with Gasteiger partial charge in [-0.1, -0.05) is 30.3 Å². The number of carbonyl (C=O) groups excluding carboxylic acids is 1. The van der Waals surface area contributed by atoms with Crippen molar-refractivity contribution in [2.45, 2.75) is 19.4 Å². The van der Waals surface area contributed by atoms with E-state index in [0.29, 0.717) is 18.7 Å². The molecule has 5 heteroatoms. The molecule has 1 atom stereocenters. The van der Waals surface area contributed by atoms with E-state index in [9.17, 15) is 9.90 Å². The molecular formula is C15H19N3O2. The van der Waals surface area contributed by atoms with Crippen LogP contribution in [0.15, 0.2) is 36.7 Å². The first-order valence-electron chi connectivity index (χ1n) is 6.58. The van der Waals surface area contributed by atoms with Crippen LogP contribution in [0.4, 0.5) is 0 Å². The number of benzene rings is 1. The molecule has 0 saturated carbocycles. The minimum Gasteiger partial charge on any atom is -0.388 e. The second kappa shape index (κ2) is 6.34. The fourth-order valence-electron chi connectivity index (χ4n) is 2.01. The molecule has 0 aliphatic carbocycles. The molecule has 1 amide bonds. The zero-order chi connectivity index (χ0) is 14.5. The number of hydrogen-bond acceptors (Lipinski definition) is 3. The first kappa shape index (κ1) is 14.3. The van der Waals surface area contributed by atoms with E-state index in [1.807, 2.05) is 37.3 Å². The Balaban J connectivity index is 1.91. The zero-order valence-electron chi connectivity index (χ0n) is 11.7. The number of amides is 1. The summed E-state index contributed by atoms with van der Waals surface area (Å²) in [5, 5.41) is 10.1. The van der Waals surface area contributed by atoms with Crippen LogP contribution in [0.5, 0.6) is 0 Å². The molecule has 1 unspecified atom stereocenters. The number of imidazole rings is 1. The molecule has 2 rings (SSSR count). The van der Waals surface area contributed by atoms with Gasteiger partial charge in [0, 0.05) is 19.3 Å². The minimum atomic E-state index is -0.563. The van der Waals surface area contributed by atoms with Crippen LogP contribution in [-0.4, -0.2) is 39.5 Å². The van der Waals surface area contributed by atoms with Crippen LogP contribution >= 0.6 is 0 Å². The summed E-state index contributed by atoms with van der Waals surface area (Å²) in [7, 11) is 1.72. The van der Waals surface area contributed by atoms with E-state index < -0.39 is 6.10 Å². The average Bonchev–Trinajstić information content (AvgIpc) is 2.90. The summed E-state index contributed by atoms with van der Waals surface area (Å²) in [6.45, 7) is 2.29. The maximum atomic E-state index is 12.1. The van der Waals surface area contributed by atoms with Crippen molar-refractivity contribution >= 4 is 5.91 Å². The number of nitrogens with one attached hydrogen (secondary N) is 1. The molecular weight excluding hydrogens is 254 g/mol. The topological polar surface area (TPSA) is 69.2 Å². The second-order valence-corrected chi connectivity index (χ2v) is 4.82. The molecule has 0 aliphatic heterocycles. The van der Waals surface area contributed by atoms with E-state index in [0.717, 1.165) is 11.3 Å². The van der Waals surface area contributed by atoms with Crippen molar-refractivity contribution in [2.75, 3.05) is 13.6 Å². The number of H-pyrrole nitrogens is 1. The van der Waals surface area contributed by atoms with Crippen LogP contribution in [0.25, 0.3) is 0 Å². The summed E-state index contributed by atoms with van der Waals surface area (Å²) in [4.78, 5) is 20.6. The van der Waals surface area contributed by atoms with Gasteiger partial charge in [-0.05, 0) is 18.9 Å². The second-order valence-electron chi connectivity index (χ2n) is 4.82. The molecule has 0 spiro atoms. The van der Waals surface area contributed by atoms with E-state index in [4.69, 9.17) is 0 Å². The van der Waals surface area contributed by atoms with Crippen molar-refractivity contribution in [3.8, 4) is 0 Å². The van der Waals surface area contributed by atoms with Gasteiger partial charge >= 0.3 is 0 Å². The van der Waals surface area contributed by atoms with Gasteiger partial charge in [0.05, 0.1) is 12.4 Å². The van der Waals surface area contributed by atoms with Crippen molar-refractivity contribution in [2.24, 2.45) is 0 Å². The lowest BCUT2D eigenvalue weighted by Crippen LogP contribution is -2.29. The highest BCUT2D eigenvalue weighted by Gasteiger charge is 2.17. The van der Waals surface area contributed by atoms with Gasteiger partial charge in [-0.2, -0.15) is 0 Å². The van der Waals surface area contributed by atoms with E-state index in [1.165, 1.54) is 6.33 Å². The van der Waals surface area contributed by atoms with Crippen molar-refractivity contribution in [3.63, 3.8) is 0 Å². The number of aliphatic hydroxyl groups is 1. The van der Waals surface area contributed by atoms with Gasteiger partial charge in [0.1, 0.15) is 5.69 Å². The standard InChI is InChI=1S/C15H19N3O2/c1-11-14(17-10-16-11)15(20)18(2)9-8-13(19)12-6-4-3-5-7-12/h3-7,10,13,19H,8-9H2,1-2H3,(H,16,17). The van der Waals surface area contributed by atoms with E-state index in [2.05, 4.69) is 9.97 Å². The molecule has 0 aliphatic rings. The molecule has 106 valence electrons. The molecule has 1 heterocycles. The van der Waals surface area contributed by atoms with Crippen molar-refractivity contribution in [1.29, 1.82) is 0 Å². The van der Waals surface area contributed by atoms with Gasteiger partial charge in [-0.15, -0.1) is 0 Å². The van der Waals surface area contributed by atoms with Crippen LogP contribution in [-0.2, 0) is 0 Å². The monoisotopic (exact) mass is 273 g/mol. The van der Waals surface area contributed by atoms with Crippen LogP contribution in [0.2, 0.25) is 0 Å². The normalized spacial score (nSPS) is 12.2. The number of rotatable bonds is 5. The Morgan fingerprint density at radius 3 is 2.70 bits per heavy atom. The largest absolute Gasteiger partial charge is 0.388 e. The molecule has 5 nitrogen and oxygen atoms in total. The molecule has 1 aromatic heterocycles. The Kier molecular flexibility index (Phi) is 4.53. The fraction of sp³-hybridized carbons (Fsp3) is 0.333. The number of aromatic nitrogens is 2. The SMILES string of the molecule is Cc1[nH]cnc1C(=O)N(C)CCC(O)c1ccccc1. The van der Waals surface area contributed by atoms with Crippen LogP contribution in [0.1, 0.15) is 34.3 Å². The Morgan fingerprint density at radius 1 is 1.40 bits per heavy atom. The Hall–Kier alpha value is -2.14. The van der Waals surface area contributed by atoms with Crippen LogP contribution in [0.3, 0.4) is 0 Å². The van der Waals surface area contributed by atoms with Crippen LogP contribution in [0, 0.1) is 6.92 Å². The van der Waals surface area contributed by atoms with Gasteiger partial charge in [0.2, 0.25) is 0 Å². The fourth-order valence-corrected chi connectivity index (χ4v) is 2.01. The summed E-state index contributed by atoms with van der Waals surface area (Å²) in [5.74, 6) is -0.135. The van der Waals surface area contributed by atoms with Gasteiger partial charge in [-0.3, -0.25) is 4.79 Å². The van der Waals surface area contributed by atoms with E-state index in [1.54, 1.807) is 11.9 Å². The quantitative estimate of drug-likeness (QED) is 0.874. The van der Waals surface area contributed by atoms with Crippen LogP contribution < -0.4 is 0 Å². The predicted octanol–water partition coefficient (Wildman–Crippen LogP) is 1.91. The third kappa shape index (κ3) is 3.24. The van der Waals surface area contributed by atoms with Gasteiger partial charge in [-0.25, -0.2) is 4.98 Å². The number of aromatic amines is 1.